The van der Waals surface area contributed by atoms with Gasteiger partial charge in [0.2, 0.25) is 5.89 Å². The number of rotatable bonds is 4. The van der Waals surface area contributed by atoms with Crippen LogP contribution in [0.4, 0.5) is 5.69 Å². The third-order valence-electron chi connectivity index (χ3n) is 2.20. The Morgan fingerprint density at radius 2 is 2.37 bits per heavy atom. The summed E-state index contributed by atoms with van der Waals surface area (Å²) >= 11 is 4.68. The fraction of sp³-hybridized carbons (Fsp3) is 0.100. The molecule has 0 fully saturated rings. The van der Waals surface area contributed by atoms with Crippen LogP contribution in [0.5, 0.6) is 0 Å². The number of aromatic nitrogens is 2. The summed E-state index contributed by atoms with van der Waals surface area (Å²) in [4.78, 5) is 21.9. The molecule has 0 aliphatic carbocycles. The van der Waals surface area contributed by atoms with E-state index in [-0.39, 0.29) is 28.5 Å². The van der Waals surface area contributed by atoms with E-state index < -0.39 is 10.8 Å². The predicted octanol–water partition coefficient (Wildman–Crippen LogP) is 1.57. The fourth-order valence-electron chi connectivity index (χ4n) is 1.35. The molecule has 0 saturated heterocycles. The van der Waals surface area contributed by atoms with Gasteiger partial charge in [-0.05, 0) is 18.3 Å². The summed E-state index contributed by atoms with van der Waals surface area (Å²) in [7, 11) is 0. The minimum Gasteiger partial charge on any atom is -0.412 e. The molecule has 0 radical (unpaired) electrons. The van der Waals surface area contributed by atoms with Crippen LogP contribution in [0, 0.1) is 15.0 Å². The van der Waals surface area contributed by atoms with Gasteiger partial charge >= 0.3 is 0 Å². The Morgan fingerprint density at radius 1 is 1.58 bits per heavy atom. The van der Waals surface area contributed by atoms with E-state index in [1.165, 1.54) is 24.3 Å². The molecule has 1 aromatic heterocycles. The molecule has 0 bridgehead atoms. The zero-order chi connectivity index (χ0) is 13.8. The van der Waals surface area contributed by atoms with Gasteiger partial charge in [-0.15, -0.1) is 5.10 Å². The number of nitro benzene ring substituents is 1. The number of carbonyl (C=O) groups is 1. The lowest BCUT2D eigenvalue weighted by atomic mass is 10.2. The van der Waals surface area contributed by atoms with E-state index in [1.807, 2.05) is 0 Å². The highest BCUT2D eigenvalue weighted by molar-refractivity contribution is 7.71. The molecule has 0 aliphatic rings. The Bertz CT molecular complexity index is 678. The third-order valence-corrected chi connectivity index (χ3v) is 2.38. The molecule has 0 atom stereocenters. The number of hydrogen-bond acceptors (Lipinski definition) is 6. The first-order valence-electron chi connectivity index (χ1n) is 5.13. The fourth-order valence-corrected chi connectivity index (χ4v) is 1.50. The Labute approximate surface area is 111 Å². The van der Waals surface area contributed by atoms with Crippen LogP contribution in [-0.4, -0.2) is 21.0 Å². The molecule has 1 amide bonds. The smallest absolute Gasteiger partial charge is 0.284 e. The molecule has 0 saturated carbocycles. The number of carbonyl (C=O) groups excluding carboxylic acids is 1. The number of nitro groups is 1. The first kappa shape index (κ1) is 12.9. The average molecular weight is 280 g/mol. The van der Waals surface area contributed by atoms with Crippen molar-refractivity contribution in [3.63, 3.8) is 0 Å². The van der Waals surface area contributed by atoms with Gasteiger partial charge in [-0.2, -0.15) is 0 Å². The standard InChI is InChI=1S/C10H8N4O4S/c15-9(11-5-8-12-13-10(19)18-8)6-2-1-3-7(4-6)14(16)17/h1-4H,5H2,(H,11,15)(H,13,19). The second-order valence-corrected chi connectivity index (χ2v) is 3.87. The Kier molecular flexibility index (Phi) is 3.66. The number of H-pyrrole nitrogens is 1. The van der Waals surface area contributed by atoms with Gasteiger partial charge in [-0.25, -0.2) is 5.10 Å². The minimum atomic E-state index is -0.566. The van der Waals surface area contributed by atoms with Crippen LogP contribution in [-0.2, 0) is 6.54 Å². The summed E-state index contributed by atoms with van der Waals surface area (Å²) < 4.78 is 4.96. The number of non-ortho nitro benzene ring substituents is 1. The van der Waals surface area contributed by atoms with Crippen LogP contribution in [0.3, 0.4) is 0 Å². The minimum absolute atomic E-state index is 0.0364. The zero-order valence-corrected chi connectivity index (χ0v) is 10.3. The summed E-state index contributed by atoms with van der Waals surface area (Å²) in [6, 6.07) is 5.41. The lowest BCUT2D eigenvalue weighted by Crippen LogP contribution is -2.23. The summed E-state index contributed by atoms with van der Waals surface area (Å²) in [6.07, 6.45) is 0. The molecule has 2 rings (SSSR count). The summed E-state index contributed by atoms with van der Waals surface area (Å²) in [5.41, 5.74) is 0.0354. The van der Waals surface area contributed by atoms with Crippen LogP contribution in [0.25, 0.3) is 0 Å². The van der Waals surface area contributed by atoms with E-state index in [0.29, 0.717) is 0 Å². The van der Waals surface area contributed by atoms with Crippen LogP contribution in [0.2, 0.25) is 0 Å². The SMILES string of the molecule is O=C(NCc1n[nH]c(=S)o1)c1cccc([N+](=O)[O-])c1. The maximum absolute atomic E-state index is 11.8. The predicted molar refractivity (Wildman–Crippen MR) is 66.0 cm³/mol. The Balaban J connectivity index is 2.05. The normalized spacial score (nSPS) is 10.1. The van der Waals surface area contributed by atoms with Gasteiger partial charge in [0.15, 0.2) is 0 Å². The molecule has 1 aromatic carbocycles. The van der Waals surface area contributed by atoms with E-state index in [9.17, 15) is 14.9 Å². The zero-order valence-electron chi connectivity index (χ0n) is 9.45. The van der Waals surface area contributed by atoms with Crippen LogP contribution < -0.4 is 5.32 Å². The molecule has 0 unspecified atom stereocenters. The van der Waals surface area contributed by atoms with Gasteiger partial charge in [0, 0.05) is 17.7 Å². The molecule has 19 heavy (non-hydrogen) atoms. The molecule has 2 N–H and O–H groups in total. The molecular formula is C10H8N4O4S. The van der Waals surface area contributed by atoms with Crippen LogP contribution in [0.15, 0.2) is 28.7 Å². The van der Waals surface area contributed by atoms with E-state index in [4.69, 9.17) is 4.42 Å². The highest BCUT2D eigenvalue weighted by Gasteiger charge is 2.11. The maximum Gasteiger partial charge on any atom is 0.284 e. The summed E-state index contributed by atoms with van der Waals surface area (Å²) in [5, 5.41) is 19.2. The maximum atomic E-state index is 11.8. The van der Waals surface area contributed by atoms with E-state index in [1.54, 1.807) is 0 Å². The van der Waals surface area contributed by atoms with Crippen molar-refractivity contribution in [1.29, 1.82) is 0 Å². The molecule has 98 valence electrons. The van der Waals surface area contributed by atoms with Gasteiger partial charge in [-0.3, -0.25) is 14.9 Å². The first-order chi connectivity index (χ1) is 9.06. The first-order valence-corrected chi connectivity index (χ1v) is 5.54. The highest BCUT2D eigenvalue weighted by atomic mass is 32.1. The summed E-state index contributed by atoms with van der Waals surface area (Å²) in [6.45, 7) is 0.0364. The number of aromatic amines is 1. The lowest BCUT2D eigenvalue weighted by molar-refractivity contribution is -0.384. The van der Waals surface area contributed by atoms with Gasteiger partial charge in [-0.1, -0.05) is 6.07 Å². The second kappa shape index (κ2) is 5.40. The molecule has 8 nitrogen and oxygen atoms in total. The number of benzene rings is 1. The van der Waals surface area contributed by atoms with Crippen LogP contribution in [0.1, 0.15) is 16.2 Å². The van der Waals surface area contributed by atoms with Crippen molar-refractivity contribution >= 4 is 23.8 Å². The lowest BCUT2D eigenvalue weighted by Gasteiger charge is -2.02. The van der Waals surface area contributed by atoms with Crippen molar-refractivity contribution in [2.75, 3.05) is 0 Å². The largest absolute Gasteiger partial charge is 0.412 e. The van der Waals surface area contributed by atoms with Crippen LogP contribution >= 0.6 is 12.2 Å². The highest BCUT2D eigenvalue weighted by Crippen LogP contribution is 2.12. The van der Waals surface area contributed by atoms with Crippen molar-refractivity contribution in [2.24, 2.45) is 0 Å². The van der Waals surface area contributed by atoms with E-state index in [0.717, 1.165) is 0 Å². The molecule has 1 heterocycles. The molecule has 0 aliphatic heterocycles. The topological polar surface area (TPSA) is 114 Å². The van der Waals surface area contributed by atoms with Crippen molar-refractivity contribution in [3.05, 3.63) is 50.7 Å². The Hall–Kier alpha value is -2.55. The average Bonchev–Trinajstić information content (AvgIpc) is 2.82. The van der Waals surface area contributed by atoms with Gasteiger partial charge in [0.1, 0.15) is 0 Å². The van der Waals surface area contributed by atoms with E-state index >= 15 is 0 Å². The van der Waals surface area contributed by atoms with Crippen molar-refractivity contribution < 1.29 is 14.1 Å². The van der Waals surface area contributed by atoms with Gasteiger partial charge in [0.05, 0.1) is 11.5 Å². The van der Waals surface area contributed by atoms with Crippen molar-refractivity contribution in [1.82, 2.24) is 15.5 Å². The number of nitrogens with zero attached hydrogens (tertiary/aromatic N) is 2. The summed E-state index contributed by atoms with van der Waals surface area (Å²) in [5.74, 6) is -0.239. The monoisotopic (exact) mass is 280 g/mol. The number of hydrogen-bond donors (Lipinski definition) is 2. The molecular weight excluding hydrogens is 272 g/mol. The molecule has 9 heteroatoms. The molecule has 0 spiro atoms. The quantitative estimate of drug-likeness (QED) is 0.499. The Morgan fingerprint density at radius 3 is 3.00 bits per heavy atom. The number of nitrogens with one attached hydrogen (secondary N) is 2. The van der Waals surface area contributed by atoms with Gasteiger partial charge in [0.25, 0.3) is 16.4 Å². The third kappa shape index (κ3) is 3.22. The van der Waals surface area contributed by atoms with Gasteiger partial charge < -0.3 is 9.73 Å². The number of amides is 1. The molecule has 2 aromatic rings. The van der Waals surface area contributed by atoms with Crippen molar-refractivity contribution in [3.8, 4) is 0 Å². The second-order valence-electron chi connectivity index (χ2n) is 3.50. The van der Waals surface area contributed by atoms with E-state index in [2.05, 4.69) is 27.7 Å². The van der Waals surface area contributed by atoms with Crippen molar-refractivity contribution in [2.45, 2.75) is 6.54 Å².